The second-order valence-electron chi connectivity index (χ2n) is 7.73. The Labute approximate surface area is 177 Å². The molecule has 160 valence electrons. The second kappa shape index (κ2) is 10.5. The van der Waals surface area contributed by atoms with Crippen molar-refractivity contribution in [3.05, 3.63) is 34.9 Å². The summed E-state index contributed by atoms with van der Waals surface area (Å²) in [7, 11) is 0. The summed E-state index contributed by atoms with van der Waals surface area (Å²) >= 11 is 6.30. The van der Waals surface area contributed by atoms with Gasteiger partial charge in [0.1, 0.15) is 0 Å². The normalized spacial score (nSPS) is 15.4. The smallest absolute Gasteiger partial charge is 0.318 e. The molecule has 1 aromatic carbocycles. The summed E-state index contributed by atoms with van der Waals surface area (Å²) in [6, 6.07) is 6.23. The van der Waals surface area contributed by atoms with Gasteiger partial charge in [0, 0.05) is 37.1 Å². The van der Waals surface area contributed by atoms with Gasteiger partial charge in [0.15, 0.2) is 0 Å². The Kier molecular flexibility index (Phi) is 8.32. The van der Waals surface area contributed by atoms with Crippen LogP contribution in [0, 0.1) is 5.92 Å². The molecule has 0 saturated carbocycles. The lowest BCUT2D eigenvalue weighted by Gasteiger charge is -2.36. The minimum Gasteiger partial charge on any atom is -0.463 e. The maximum absolute atomic E-state index is 12.8. The van der Waals surface area contributed by atoms with Crippen LogP contribution in [0.1, 0.15) is 45.7 Å². The molecule has 2 rings (SSSR count). The van der Waals surface area contributed by atoms with E-state index < -0.39 is 12.0 Å². The van der Waals surface area contributed by atoms with Crippen molar-refractivity contribution < 1.29 is 19.1 Å². The van der Waals surface area contributed by atoms with Crippen molar-refractivity contribution >= 4 is 29.5 Å². The average molecular weight is 424 g/mol. The maximum atomic E-state index is 12.8. The van der Waals surface area contributed by atoms with E-state index in [1.54, 1.807) is 41.8 Å². The number of ether oxygens (including phenoxy) is 1. The summed E-state index contributed by atoms with van der Waals surface area (Å²) in [5.41, 5.74) is 0.664. The summed E-state index contributed by atoms with van der Waals surface area (Å²) < 4.78 is 5.24. The van der Waals surface area contributed by atoms with E-state index in [0.29, 0.717) is 36.8 Å². The first kappa shape index (κ1) is 23.0. The topological polar surface area (TPSA) is 79.0 Å². The van der Waals surface area contributed by atoms with Gasteiger partial charge in [-0.25, -0.2) is 4.79 Å². The highest BCUT2D eigenvalue weighted by Crippen LogP contribution is 2.26. The van der Waals surface area contributed by atoms with Gasteiger partial charge in [0.25, 0.3) is 0 Å². The predicted molar refractivity (Wildman–Crippen MR) is 112 cm³/mol. The number of carbonyl (C=O) groups is 3. The zero-order valence-electron chi connectivity index (χ0n) is 17.5. The number of nitrogens with zero attached hydrogens (tertiary/aromatic N) is 2. The van der Waals surface area contributed by atoms with Gasteiger partial charge in [0.2, 0.25) is 5.91 Å². The Morgan fingerprint density at radius 1 is 1.03 bits per heavy atom. The van der Waals surface area contributed by atoms with Gasteiger partial charge < -0.3 is 19.9 Å². The van der Waals surface area contributed by atoms with E-state index in [1.165, 1.54) is 0 Å². The third-order valence-electron chi connectivity index (χ3n) is 4.69. The number of carbonyl (C=O) groups excluding carboxylic acids is 3. The van der Waals surface area contributed by atoms with Gasteiger partial charge in [-0.1, -0.05) is 43.6 Å². The van der Waals surface area contributed by atoms with Crippen molar-refractivity contribution in [2.24, 2.45) is 5.92 Å². The van der Waals surface area contributed by atoms with Crippen molar-refractivity contribution in [3.63, 3.8) is 0 Å². The maximum Gasteiger partial charge on any atom is 0.318 e. The van der Waals surface area contributed by atoms with Crippen LogP contribution in [0.25, 0.3) is 0 Å². The number of amides is 3. The molecule has 1 aliphatic heterocycles. The van der Waals surface area contributed by atoms with Crippen LogP contribution in [-0.4, -0.2) is 60.0 Å². The highest BCUT2D eigenvalue weighted by atomic mass is 35.5. The average Bonchev–Trinajstić information content (AvgIpc) is 2.66. The summed E-state index contributed by atoms with van der Waals surface area (Å²) in [5, 5.41) is 3.39. The van der Waals surface area contributed by atoms with E-state index in [0.717, 1.165) is 0 Å². The number of urea groups is 1. The van der Waals surface area contributed by atoms with E-state index in [-0.39, 0.29) is 30.4 Å². The van der Waals surface area contributed by atoms with E-state index in [2.05, 4.69) is 5.32 Å². The van der Waals surface area contributed by atoms with E-state index >= 15 is 0 Å². The molecule has 1 atom stereocenters. The Balaban J connectivity index is 2.05. The fourth-order valence-corrected chi connectivity index (χ4v) is 3.48. The summed E-state index contributed by atoms with van der Waals surface area (Å²) in [5.74, 6) is -0.375. The first-order valence-electron chi connectivity index (χ1n) is 9.97. The zero-order valence-corrected chi connectivity index (χ0v) is 18.2. The molecule has 1 aromatic rings. The third kappa shape index (κ3) is 6.63. The molecule has 0 bridgehead atoms. The van der Waals surface area contributed by atoms with Gasteiger partial charge >= 0.3 is 12.0 Å². The lowest BCUT2D eigenvalue weighted by molar-refractivity contribution is -0.148. The molecule has 0 spiro atoms. The van der Waals surface area contributed by atoms with Crippen molar-refractivity contribution in [3.8, 4) is 0 Å². The number of piperazine rings is 1. The molecule has 0 radical (unpaired) electrons. The van der Waals surface area contributed by atoms with Crippen molar-refractivity contribution in [2.45, 2.75) is 46.3 Å². The van der Waals surface area contributed by atoms with Crippen LogP contribution in [0.15, 0.2) is 24.3 Å². The molecular weight excluding hydrogens is 394 g/mol. The molecule has 0 aromatic heterocycles. The molecule has 3 amide bonds. The molecule has 1 N–H and O–H groups in total. The fourth-order valence-electron chi connectivity index (χ4n) is 3.21. The van der Waals surface area contributed by atoms with Crippen molar-refractivity contribution in [1.82, 2.24) is 15.1 Å². The van der Waals surface area contributed by atoms with Crippen LogP contribution < -0.4 is 5.32 Å². The van der Waals surface area contributed by atoms with Gasteiger partial charge in [-0.15, -0.1) is 0 Å². The molecule has 29 heavy (non-hydrogen) atoms. The highest BCUT2D eigenvalue weighted by molar-refractivity contribution is 6.31. The predicted octanol–water partition coefficient (Wildman–Crippen LogP) is 3.23. The molecule has 7 nitrogen and oxygen atoms in total. The van der Waals surface area contributed by atoms with E-state index in [9.17, 15) is 14.4 Å². The van der Waals surface area contributed by atoms with Gasteiger partial charge in [0.05, 0.1) is 18.6 Å². The monoisotopic (exact) mass is 423 g/mol. The Morgan fingerprint density at radius 3 is 2.17 bits per heavy atom. The lowest BCUT2D eigenvalue weighted by atomic mass is 10.0. The number of hydrogen-bond donors (Lipinski definition) is 1. The standard InChI is InChI=1S/C21H30ClN3O4/c1-14(2)20(27)24-9-11-25(12-10-24)21(28)23-18(13-19(26)29-15(3)4)16-7-5-6-8-17(16)22/h5-8,14-15,18H,9-13H2,1-4H3,(H,23,28)/t18-/m0/s1. The summed E-state index contributed by atoms with van der Waals surface area (Å²) in [6.45, 7) is 9.16. The minimum atomic E-state index is -0.599. The van der Waals surface area contributed by atoms with Crippen LogP contribution in [-0.2, 0) is 14.3 Å². The Morgan fingerprint density at radius 2 is 1.62 bits per heavy atom. The lowest BCUT2D eigenvalue weighted by Crippen LogP contribution is -2.54. The molecule has 1 saturated heterocycles. The van der Waals surface area contributed by atoms with Crippen LogP contribution in [0.2, 0.25) is 5.02 Å². The SMILES string of the molecule is CC(C)OC(=O)C[C@H](NC(=O)N1CCN(C(=O)C(C)C)CC1)c1ccccc1Cl. The molecular formula is C21H30ClN3O4. The quantitative estimate of drug-likeness (QED) is 0.712. The number of esters is 1. The van der Waals surface area contributed by atoms with Crippen LogP contribution in [0.3, 0.4) is 0 Å². The first-order valence-corrected chi connectivity index (χ1v) is 10.3. The number of benzene rings is 1. The third-order valence-corrected chi connectivity index (χ3v) is 5.03. The molecule has 1 heterocycles. The number of rotatable bonds is 6. The number of nitrogens with one attached hydrogen (secondary N) is 1. The second-order valence-corrected chi connectivity index (χ2v) is 8.14. The molecule has 1 fully saturated rings. The van der Waals surface area contributed by atoms with Crippen molar-refractivity contribution in [2.75, 3.05) is 26.2 Å². The van der Waals surface area contributed by atoms with Gasteiger partial charge in [-0.3, -0.25) is 9.59 Å². The number of halogens is 1. The van der Waals surface area contributed by atoms with E-state index in [4.69, 9.17) is 16.3 Å². The number of hydrogen-bond acceptors (Lipinski definition) is 4. The van der Waals surface area contributed by atoms with Crippen LogP contribution in [0.5, 0.6) is 0 Å². The molecule has 0 aliphatic carbocycles. The minimum absolute atomic E-state index is 0.0144. The molecule has 0 unspecified atom stereocenters. The Hall–Kier alpha value is -2.28. The first-order chi connectivity index (χ1) is 13.7. The largest absolute Gasteiger partial charge is 0.463 e. The summed E-state index contributed by atoms with van der Waals surface area (Å²) in [6.07, 6.45) is -0.254. The van der Waals surface area contributed by atoms with Crippen LogP contribution >= 0.6 is 11.6 Å². The highest BCUT2D eigenvalue weighted by Gasteiger charge is 2.28. The molecule has 1 aliphatic rings. The zero-order chi connectivity index (χ0) is 21.6. The van der Waals surface area contributed by atoms with Crippen LogP contribution in [0.4, 0.5) is 4.79 Å². The Bertz CT molecular complexity index is 730. The molecule has 8 heteroatoms. The van der Waals surface area contributed by atoms with E-state index in [1.807, 2.05) is 19.9 Å². The van der Waals surface area contributed by atoms with Gasteiger partial charge in [-0.05, 0) is 25.5 Å². The fraction of sp³-hybridized carbons (Fsp3) is 0.571. The van der Waals surface area contributed by atoms with Gasteiger partial charge in [-0.2, -0.15) is 0 Å². The van der Waals surface area contributed by atoms with Crippen molar-refractivity contribution in [1.29, 1.82) is 0 Å². The summed E-state index contributed by atoms with van der Waals surface area (Å²) in [4.78, 5) is 40.6.